The van der Waals surface area contributed by atoms with E-state index in [-0.39, 0.29) is 17.2 Å². The summed E-state index contributed by atoms with van der Waals surface area (Å²) < 4.78 is 41.5. The van der Waals surface area contributed by atoms with Crippen LogP contribution in [0.5, 0.6) is 0 Å². The number of thiophene rings is 1. The predicted octanol–water partition coefficient (Wildman–Crippen LogP) is 4.05. The Morgan fingerprint density at radius 2 is 1.86 bits per heavy atom. The van der Waals surface area contributed by atoms with Gasteiger partial charge in [-0.05, 0) is 62.0 Å². The van der Waals surface area contributed by atoms with E-state index in [1.807, 2.05) is 31.4 Å². The van der Waals surface area contributed by atoms with Crippen LogP contribution < -0.4 is 0 Å². The Hall–Kier alpha value is -2.29. The minimum Gasteiger partial charge on any atom is -0.348 e. The summed E-state index contributed by atoms with van der Waals surface area (Å²) in [6, 6.07) is 10.5. The molecule has 0 spiro atoms. The SMILES string of the molecule is Cc1cc(C(=O)CN(C)S(=O)(=O)c2ccc(F)cc2)c(C)n1CCc1cccs1. The first-order chi connectivity index (χ1) is 13.7. The molecule has 1 aromatic carbocycles. The highest BCUT2D eigenvalue weighted by Crippen LogP contribution is 2.20. The van der Waals surface area contributed by atoms with Crippen LogP contribution in [-0.2, 0) is 23.0 Å². The van der Waals surface area contributed by atoms with Crippen molar-refractivity contribution in [2.45, 2.75) is 31.7 Å². The first-order valence-corrected chi connectivity index (χ1v) is 11.5. The average Bonchev–Trinajstić information content (AvgIpc) is 3.28. The fourth-order valence-corrected chi connectivity index (χ4v) is 5.09. The first kappa shape index (κ1) is 21.4. The molecule has 0 bridgehead atoms. The molecule has 0 aliphatic carbocycles. The minimum absolute atomic E-state index is 0.0457. The fourth-order valence-electron chi connectivity index (χ4n) is 3.26. The van der Waals surface area contributed by atoms with Crippen LogP contribution in [0.25, 0.3) is 0 Å². The van der Waals surface area contributed by atoms with Crippen LogP contribution in [0.2, 0.25) is 0 Å². The van der Waals surface area contributed by atoms with Gasteiger partial charge in [-0.3, -0.25) is 4.79 Å². The van der Waals surface area contributed by atoms with Gasteiger partial charge in [-0.25, -0.2) is 12.8 Å². The van der Waals surface area contributed by atoms with Gasteiger partial charge in [-0.2, -0.15) is 4.31 Å². The number of benzene rings is 1. The Kier molecular flexibility index (Phi) is 6.36. The van der Waals surface area contributed by atoms with Crippen LogP contribution in [0.15, 0.2) is 52.7 Å². The van der Waals surface area contributed by atoms with E-state index >= 15 is 0 Å². The number of likely N-dealkylation sites (N-methyl/N-ethyl adjacent to an activating group) is 1. The van der Waals surface area contributed by atoms with Gasteiger partial charge in [-0.15, -0.1) is 11.3 Å². The molecule has 5 nitrogen and oxygen atoms in total. The van der Waals surface area contributed by atoms with Crippen molar-refractivity contribution in [3.8, 4) is 0 Å². The number of hydrogen-bond acceptors (Lipinski definition) is 4. The molecule has 2 heterocycles. The molecule has 2 aromatic heterocycles. The molecule has 0 unspecified atom stereocenters. The molecule has 0 aliphatic rings. The second-order valence-corrected chi connectivity index (χ2v) is 9.98. The third-order valence-corrected chi connectivity index (χ3v) is 7.68. The summed E-state index contributed by atoms with van der Waals surface area (Å²) in [6.07, 6.45) is 0.876. The number of Topliss-reactive ketones (excluding diaryl/α,β-unsaturated/α-hetero) is 1. The summed E-state index contributed by atoms with van der Waals surface area (Å²) in [4.78, 5) is 14.1. The Morgan fingerprint density at radius 1 is 1.17 bits per heavy atom. The maximum absolute atomic E-state index is 13.1. The smallest absolute Gasteiger partial charge is 0.243 e. The molecule has 0 saturated carbocycles. The summed E-state index contributed by atoms with van der Waals surface area (Å²) in [6.45, 7) is 4.30. The van der Waals surface area contributed by atoms with Crippen molar-refractivity contribution >= 4 is 27.1 Å². The largest absolute Gasteiger partial charge is 0.348 e. The number of carbonyl (C=O) groups excluding carboxylic acids is 1. The standard InChI is InChI=1S/C21H23FN2O3S2/c1-15-13-20(16(2)24(15)11-10-18-5-4-12-28-18)21(25)14-23(3)29(26,27)19-8-6-17(22)7-9-19/h4-9,12-13H,10-11,14H2,1-3H3. The number of hydrogen-bond donors (Lipinski definition) is 0. The van der Waals surface area contributed by atoms with Gasteiger partial charge in [0.2, 0.25) is 10.0 Å². The monoisotopic (exact) mass is 434 g/mol. The molecular formula is C21H23FN2O3S2. The van der Waals surface area contributed by atoms with Gasteiger partial charge in [0.05, 0.1) is 11.4 Å². The Morgan fingerprint density at radius 3 is 2.48 bits per heavy atom. The predicted molar refractivity (Wildman–Crippen MR) is 112 cm³/mol. The van der Waals surface area contributed by atoms with E-state index in [1.54, 1.807) is 11.3 Å². The number of halogens is 1. The second kappa shape index (κ2) is 8.61. The third-order valence-electron chi connectivity index (χ3n) is 4.92. The van der Waals surface area contributed by atoms with E-state index in [9.17, 15) is 17.6 Å². The van der Waals surface area contributed by atoms with Gasteiger partial charge < -0.3 is 4.57 Å². The molecule has 3 rings (SSSR count). The minimum atomic E-state index is -3.87. The van der Waals surface area contributed by atoms with Crippen LogP contribution in [0.4, 0.5) is 4.39 Å². The number of nitrogens with zero attached hydrogens (tertiary/aromatic N) is 2. The van der Waals surface area contributed by atoms with Gasteiger partial charge >= 0.3 is 0 Å². The van der Waals surface area contributed by atoms with Crippen molar-refractivity contribution in [3.63, 3.8) is 0 Å². The molecular weight excluding hydrogens is 411 g/mol. The highest BCUT2D eigenvalue weighted by molar-refractivity contribution is 7.89. The van der Waals surface area contributed by atoms with Crippen LogP contribution >= 0.6 is 11.3 Å². The van der Waals surface area contributed by atoms with Gasteiger partial charge in [0, 0.05) is 35.4 Å². The van der Waals surface area contributed by atoms with Crippen LogP contribution in [0.1, 0.15) is 26.6 Å². The summed E-state index contributed by atoms with van der Waals surface area (Å²) in [5, 5.41) is 2.04. The molecule has 0 amide bonds. The molecule has 3 aromatic rings. The lowest BCUT2D eigenvalue weighted by atomic mass is 10.1. The molecule has 0 atom stereocenters. The van der Waals surface area contributed by atoms with E-state index in [0.29, 0.717) is 5.56 Å². The maximum atomic E-state index is 13.1. The summed E-state index contributed by atoms with van der Waals surface area (Å²) in [5.74, 6) is -0.786. The zero-order chi connectivity index (χ0) is 21.2. The zero-order valence-corrected chi connectivity index (χ0v) is 18.2. The molecule has 0 fully saturated rings. The van der Waals surface area contributed by atoms with Gasteiger partial charge in [0.1, 0.15) is 5.82 Å². The topological polar surface area (TPSA) is 59.4 Å². The highest BCUT2D eigenvalue weighted by atomic mass is 32.2. The van der Waals surface area contributed by atoms with Crippen LogP contribution in [0, 0.1) is 19.7 Å². The van der Waals surface area contributed by atoms with E-state index < -0.39 is 15.8 Å². The number of rotatable bonds is 8. The lowest BCUT2D eigenvalue weighted by Gasteiger charge is -2.16. The van der Waals surface area contributed by atoms with Crippen LogP contribution in [0.3, 0.4) is 0 Å². The van der Waals surface area contributed by atoms with E-state index in [0.717, 1.165) is 40.8 Å². The average molecular weight is 435 g/mol. The van der Waals surface area contributed by atoms with E-state index in [1.165, 1.54) is 24.1 Å². The lowest BCUT2D eigenvalue weighted by Crippen LogP contribution is -2.32. The van der Waals surface area contributed by atoms with Crippen molar-refractivity contribution in [3.05, 3.63) is 75.5 Å². The normalized spacial score (nSPS) is 11.9. The van der Waals surface area contributed by atoms with Crippen molar-refractivity contribution in [2.24, 2.45) is 0 Å². The quantitative estimate of drug-likeness (QED) is 0.503. The van der Waals surface area contributed by atoms with Crippen molar-refractivity contribution in [2.75, 3.05) is 13.6 Å². The van der Waals surface area contributed by atoms with Gasteiger partial charge in [-0.1, -0.05) is 6.07 Å². The van der Waals surface area contributed by atoms with Crippen molar-refractivity contribution in [1.29, 1.82) is 0 Å². The summed E-state index contributed by atoms with van der Waals surface area (Å²) in [7, 11) is -2.52. The lowest BCUT2D eigenvalue weighted by molar-refractivity contribution is 0.0972. The molecule has 0 N–H and O–H groups in total. The van der Waals surface area contributed by atoms with Crippen LogP contribution in [-0.4, -0.2) is 36.7 Å². The molecule has 0 aliphatic heterocycles. The van der Waals surface area contributed by atoms with Crippen molar-refractivity contribution in [1.82, 2.24) is 8.87 Å². The molecule has 154 valence electrons. The number of carbonyl (C=O) groups is 1. The van der Waals surface area contributed by atoms with Gasteiger partial charge in [0.25, 0.3) is 0 Å². The van der Waals surface area contributed by atoms with E-state index in [4.69, 9.17) is 0 Å². The fraction of sp³-hybridized carbons (Fsp3) is 0.286. The maximum Gasteiger partial charge on any atom is 0.243 e. The molecule has 0 saturated heterocycles. The second-order valence-electron chi connectivity index (χ2n) is 6.90. The third kappa shape index (κ3) is 4.66. The number of ketones is 1. The summed E-state index contributed by atoms with van der Waals surface area (Å²) >= 11 is 1.70. The molecule has 29 heavy (non-hydrogen) atoms. The zero-order valence-electron chi connectivity index (χ0n) is 16.6. The first-order valence-electron chi connectivity index (χ1n) is 9.14. The van der Waals surface area contributed by atoms with Gasteiger partial charge in [0.15, 0.2) is 5.78 Å². The van der Waals surface area contributed by atoms with Crippen molar-refractivity contribution < 1.29 is 17.6 Å². The summed E-state index contributed by atoms with van der Waals surface area (Å²) in [5.41, 5.74) is 2.32. The number of aromatic nitrogens is 1. The molecule has 8 heteroatoms. The Labute approximate surface area is 174 Å². The Bertz CT molecular complexity index is 1100. The number of aryl methyl sites for hydroxylation is 2. The number of sulfonamides is 1. The van der Waals surface area contributed by atoms with E-state index in [2.05, 4.69) is 10.6 Å². The molecule has 0 radical (unpaired) electrons. The Balaban J connectivity index is 1.74. The highest BCUT2D eigenvalue weighted by Gasteiger charge is 2.25.